The predicted molar refractivity (Wildman–Crippen MR) is 195 cm³/mol. The van der Waals surface area contributed by atoms with E-state index in [-0.39, 0.29) is 55.2 Å². The molecule has 0 aliphatic heterocycles. The van der Waals surface area contributed by atoms with E-state index in [1.54, 1.807) is 0 Å². The van der Waals surface area contributed by atoms with Crippen LogP contribution in [0.15, 0.2) is 12.1 Å². The average Bonchev–Trinajstić information content (AvgIpc) is 3.04. The first-order valence-corrected chi connectivity index (χ1v) is 19.2. The Bertz CT molecular complexity index is 1470. The maximum absolute atomic E-state index is 13.3. The molecule has 2 aliphatic carbocycles. The quantitative estimate of drug-likeness (QED) is 0.112. The molecule has 0 N–H and O–H groups in total. The molecule has 4 rings (SSSR count). The van der Waals surface area contributed by atoms with Crippen LogP contribution in [0.25, 0.3) is 0 Å². The Kier molecular flexibility index (Phi) is 15.7. The molecule has 0 bridgehead atoms. The zero-order chi connectivity index (χ0) is 36.5. The van der Waals surface area contributed by atoms with Crippen LogP contribution >= 0.6 is 69.6 Å². The van der Waals surface area contributed by atoms with Gasteiger partial charge in [-0.2, -0.15) is 0 Å². The van der Waals surface area contributed by atoms with Crippen molar-refractivity contribution in [2.45, 2.75) is 90.9 Å². The number of carbonyl (C=O) groups is 4. The van der Waals surface area contributed by atoms with E-state index < -0.39 is 46.5 Å². The van der Waals surface area contributed by atoms with Gasteiger partial charge in [0.25, 0.3) is 0 Å². The lowest BCUT2D eigenvalue weighted by Gasteiger charge is -2.24. The summed E-state index contributed by atoms with van der Waals surface area (Å²) >= 11 is 37.8. The van der Waals surface area contributed by atoms with Crippen LogP contribution in [-0.4, -0.2) is 37.1 Å². The van der Waals surface area contributed by atoms with E-state index in [9.17, 15) is 19.2 Å². The first-order valence-electron chi connectivity index (χ1n) is 16.9. The molecule has 2 fully saturated rings. The zero-order valence-electron chi connectivity index (χ0n) is 27.9. The number of rotatable bonds is 8. The highest BCUT2D eigenvalue weighted by atomic mass is 35.5. The molecule has 14 heteroatoms. The minimum absolute atomic E-state index is 0.105. The summed E-state index contributed by atoms with van der Waals surface area (Å²) in [5, 5.41) is -1.39. The molecule has 0 spiro atoms. The molecule has 0 radical (unpaired) electrons. The summed E-state index contributed by atoms with van der Waals surface area (Å²) in [5.74, 6) is -5.06. The predicted octanol–water partition coefficient (Wildman–Crippen LogP) is 11.6. The fourth-order valence-electron chi connectivity index (χ4n) is 6.64. The first kappa shape index (κ1) is 40.8. The van der Waals surface area contributed by atoms with Gasteiger partial charge in [-0.15, -0.1) is 0 Å². The molecule has 50 heavy (non-hydrogen) atoms. The Labute approximate surface area is 322 Å². The molecule has 0 saturated heterocycles. The minimum Gasteiger partial charge on any atom is -0.462 e. The monoisotopic (exact) mass is 810 g/mol. The van der Waals surface area contributed by atoms with E-state index in [0.717, 1.165) is 76.3 Å². The van der Waals surface area contributed by atoms with Crippen LogP contribution in [0.4, 0.5) is 0 Å². The van der Waals surface area contributed by atoms with Crippen LogP contribution in [0, 0.1) is 23.7 Å². The SMILES string of the molecule is CC1CCCCCC(COC(=O)c2c(Cl)c(Cl)cc(Cl)c2OC(=O)C(=O)Oc2c(Cl)cc(Cl)c(Cl)c2C(=O)OCC2CCCCCC(C)C2)C1. The molecule has 8 nitrogen and oxygen atoms in total. The summed E-state index contributed by atoms with van der Waals surface area (Å²) in [4.78, 5) is 52.9. The van der Waals surface area contributed by atoms with E-state index in [1.807, 2.05) is 0 Å². The van der Waals surface area contributed by atoms with Crippen LogP contribution in [-0.2, 0) is 19.1 Å². The van der Waals surface area contributed by atoms with Gasteiger partial charge in [0, 0.05) is 0 Å². The second-order valence-electron chi connectivity index (χ2n) is 13.4. The van der Waals surface area contributed by atoms with Crippen LogP contribution in [0.5, 0.6) is 11.5 Å². The van der Waals surface area contributed by atoms with E-state index in [0.29, 0.717) is 11.8 Å². The highest BCUT2D eigenvalue weighted by Gasteiger charge is 2.33. The molecule has 2 saturated carbocycles. The molecule has 2 aromatic rings. The summed E-state index contributed by atoms with van der Waals surface area (Å²) in [7, 11) is 0. The van der Waals surface area contributed by atoms with E-state index in [2.05, 4.69) is 13.8 Å². The minimum atomic E-state index is -1.63. The van der Waals surface area contributed by atoms with Crippen molar-refractivity contribution >= 4 is 93.5 Å². The van der Waals surface area contributed by atoms with Crippen molar-refractivity contribution in [3.05, 3.63) is 53.4 Å². The number of halogens is 6. The topological polar surface area (TPSA) is 105 Å². The highest BCUT2D eigenvalue weighted by molar-refractivity contribution is 6.47. The van der Waals surface area contributed by atoms with E-state index in [4.69, 9.17) is 88.6 Å². The third kappa shape index (κ3) is 11.0. The number of hydrogen-bond acceptors (Lipinski definition) is 8. The average molecular weight is 813 g/mol. The molecule has 4 unspecified atom stereocenters. The second kappa shape index (κ2) is 19.2. The molecule has 0 heterocycles. The van der Waals surface area contributed by atoms with Gasteiger partial charge in [-0.05, 0) is 61.5 Å². The molecule has 4 atom stereocenters. The number of ether oxygens (including phenoxy) is 4. The number of benzene rings is 2. The van der Waals surface area contributed by atoms with E-state index >= 15 is 0 Å². The lowest BCUT2D eigenvalue weighted by Crippen LogP contribution is -2.28. The summed E-state index contributed by atoms with van der Waals surface area (Å²) in [6.07, 6.45) is 12.4. The first-order chi connectivity index (χ1) is 23.8. The van der Waals surface area contributed by atoms with Crippen LogP contribution in [0.3, 0.4) is 0 Å². The molecule has 0 amide bonds. The third-order valence-corrected chi connectivity index (χ3v) is 11.3. The van der Waals surface area contributed by atoms with Gasteiger partial charge >= 0.3 is 23.9 Å². The second-order valence-corrected chi connectivity index (χ2v) is 15.8. The Hall–Kier alpha value is -1.94. The van der Waals surface area contributed by atoms with Gasteiger partial charge in [0.2, 0.25) is 0 Å². The summed E-state index contributed by atoms with van der Waals surface area (Å²) in [6.45, 7) is 4.55. The lowest BCUT2D eigenvalue weighted by molar-refractivity contribution is -0.156. The van der Waals surface area contributed by atoms with E-state index in [1.165, 1.54) is 12.8 Å². The fraction of sp³-hybridized carbons (Fsp3) is 0.556. The van der Waals surface area contributed by atoms with Crippen molar-refractivity contribution in [3.8, 4) is 11.5 Å². The summed E-state index contributed by atoms with van der Waals surface area (Å²) in [5.41, 5.74) is -0.880. The van der Waals surface area contributed by atoms with Gasteiger partial charge in [0.05, 0.1) is 43.3 Å². The number of carbonyl (C=O) groups excluding carboxylic acids is 4. The molecular weight excluding hydrogens is 773 g/mol. The molecule has 0 aromatic heterocycles. The summed E-state index contributed by atoms with van der Waals surface area (Å²) in [6, 6.07) is 2.29. The third-order valence-electron chi connectivity index (χ3n) is 9.21. The maximum atomic E-state index is 13.3. The molecular formula is C36H40Cl6O8. The van der Waals surface area contributed by atoms with Crippen molar-refractivity contribution < 1.29 is 38.1 Å². The Balaban J connectivity index is 1.51. The van der Waals surface area contributed by atoms with Gasteiger partial charge in [-0.3, -0.25) is 0 Å². The molecule has 2 aliphatic rings. The van der Waals surface area contributed by atoms with Gasteiger partial charge in [0.15, 0.2) is 11.5 Å². The maximum Gasteiger partial charge on any atom is 0.423 e. The molecule has 2 aromatic carbocycles. The van der Waals surface area contributed by atoms with Crippen LogP contribution in [0.2, 0.25) is 30.1 Å². The standard InChI is InChI=1S/C36H40Cl6O8/c1-19-9-5-3-7-11-21(13-19)17-47-33(43)27-29(41)23(37)15-25(39)31(27)49-35(45)36(46)50-32-26(40)16-24(38)30(42)28(32)34(44)48-18-22-12-8-4-6-10-20(2)14-22/h15-16,19-22H,3-14,17-18H2,1-2H3. The Morgan fingerprint density at radius 3 is 1.30 bits per heavy atom. The largest absolute Gasteiger partial charge is 0.462 e. The zero-order valence-corrected chi connectivity index (χ0v) is 32.4. The van der Waals surface area contributed by atoms with Gasteiger partial charge in [0.1, 0.15) is 11.1 Å². The highest BCUT2D eigenvalue weighted by Crippen LogP contribution is 2.42. The van der Waals surface area contributed by atoms with Gasteiger partial charge < -0.3 is 18.9 Å². The van der Waals surface area contributed by atoms with Crippen molar-refractivity contribution in [2.75, 3.05) is 13.2 Å². The van der Waals surface area contributed by atoms with Gasteiger partial charge in [-0.1, -0.05) is 135 Å². The normalized spacial score (nSPS) is 21.5. The van der Waals surface area contributed by atoms with Gasteiger partial charge in [-0.25, -0.2) is 19.2 Å². The lowest BCUT2D eigenvalue weighted by atomic mass is 9.86. The van der Waals surface area contributed by atoms with Crippen molar-refractivity contribution in [3.63, 3.8) is 0 Å². The van der Waals surface area contributed by atoms with Crippen molar-refractivity contribution in [1.29, 1.82) is 0 Å². The summed E-state index contributed by atoms with van der Waals surface area (Å²) < 4.78 is 21.7. The van der Waals surface area contributed by atoms with Crippen LogP contribution < -0.4 is 9.47 Å². The fourth-order valence-corrected chi connectivity index (χ4v) is 8.08. The number of hydrogen-bond donors (Lipinski definition) is 0. The molecule has 274 valence electrons. The van der Waals surface area contributed by atoms with Crippen molar-refractivity contribution in [2.24, 2.45) is 23.7 Å². The Morgan fingerprint density at radius 1 is 0.560 bits per heavy atom. The van der Waals surface area contributed by atoms with Crippen LogP contribution in [0.1, 0.15) is 112 Å². The van der Waals surface area contributed by atoms with Crippen molar-refractivity contribution in [1.82, 2.24) is 0 Å². The smallest absolute Gasteiger partial charge is 0.423 e. The Morgan fingerprint density at radius 2 is 0.920 bits per heavy atom. The number of esters is 4.